The molecular weight excluding hydrogens is 206 g/mol. The van der Waals surface area contributed by atoms with Gasteiger partial charge in [-0.2, -0.15) is 0 Å². The van der Waals surface area contributed by atoms with Crippen LogP contribution in [0.1, 0.15) is 11.1 Å². The van der Waals surface area contributed by atoms with Crippen molar-refractivity contribution in [3.63, 3.8) is 0 Å². The molecule has 0 bridgehead atoms. The van der Waals surface area contributed by atoms with Crippen LogP contribution < -0.4 is 0 Å². The highest BCUT2D eigenvalue weighted by Crippen LogP contribution is 2.25. The molecule has 0 atom stereocenters. The molecule has 1 N–H and O–H groups in total. The smallest absolute Gasteiger partial charge is 0.0460 e. The lowest BCUT2D eigenvalue weighted by molar-refractivity contribution is 1.38. The lowest BCUT2D eigenvalue weighted by Crippen LogP contribution is -1.82. The summed E-state index contributed by atoms with van der Waals surface area (Å²) < 4.78 is 0. The number of aromatic amines is 1. The topological polar surface area (TPSA) is 15.8 Å². The molecule has 0 unspecified atom stereocenters. The maximum Gasteiger partial charge on any atom is 0.0460 e. The first kappa shape index (κ1) is 10.2. The first-order valence-electron chi connectivity index (χ1n) is 5.88. The number of hydrogen-bond donors (Lipinski definition) is 1. The fourth-order valence-corrected chi connectivity index (χ4v) is 2.37. The first-order chi connectivity index (χ1) is 8.22. The second-order valence-corrected chi connectivity index (χ2v) is 4.66. The van der Waals surface area contributed by atoms with Crippen molar-refractivity contribution in [3.8, 4) is 11.1 Å². The van der Waals surface area contributed by atoms with Crippen LogP contribution >= 0.6 is 0 Å². The van der Waals surface area contributed by atoms with Gasteiger partial charge in [0.1, 0.15) is 0 Å². The molecule has 3 aromatic rings. The highest BCUT2D eigenvalue weighted by atomic mass is 14.7. The van der Waals surface area contributed by atoms with Crippen LogP contribution in [0.5, 0.6) is 0 Å². The van der Waals surface area contributed by atoms with E-state index in [2.05, 4.69) is 61.3 Å². The minimum atomic E-state index is 1.20. The van der Waals surface area contributed by atoms with Crippen LogP contribution in [0, 0.1) is 13.8 Å². The van der Waals surface area contributed by atoms with Crippen LogP contribution in [-0.2, 0) is 0 Å². The predicted molar refractivity (Wildman–Crippen MR) is 73.2 cm³/mol. The van der Waals surface area contributed by atoms with Gasteiger partial charge in [0.15, 0.2) is 0 Å². The number of benzene rings is 2. The Bertz CT molecular complexity index is 657. The Balaban J connectivity index is 2.19. The van der Waals surface area contributed by atoms with E-state index >= 15 is 0 Å². The molecule has 0 aliphatic carbocycles. The summed E-state index contributed by atoms with van der Waals surface area (Å²) in [4.78, 5) is 3.26. The Morgan fingerprint density at radius 1 is 0.765 bits per heavy atom. The summed E-state index contributed by atoms with van der Waals surface area (Å²) in [6.45, 7) is 4.29. The maximum atomic E-state index is 3.26. The number of fused-ring (bicyclic) bond motifs is 1. The molecule has 3 rings (SSSR count). The van der Waals surface area contributed by atoms with Crippen LogP contribution in [0.15, 0.2) is 48.7 Å². The molecule has 0 aliphatic rings. The number of nitrogens with one attached hydrogen (secondary N) is 1. The van der Waals surface area contributed by atoms with Crippen molar-refractivity contribution in [2.24, 2.45) is 0 Å². The summed E-state index contributed by atoms with van der Waals surface area (Å²) in [5, 5.41) is 1.26. The lowest BCUT2D eigenvalue weighted by Gasteiger charge is -2.05. The third-order valence-electron chi connectivity index (χ3n) is 3.11. The van der Waals surface area contributed by atoms with Crippen molar-refractivity contribution >= 4 is 10.9 Å². The number of aromatic nitrogens is 1. The zero-order valence-electron chi connectivity index (χ0n) is 10.1. The Morgan fingerprint density at radius 3 is 2.29 bits per heavy atom. The summed E-state index contributed by atoms with van der Waals surface area (Å²) in [6, 6.07) is 15.3. The summed E-state index contributed by atoms with van der Waals surface area (Å²) in [5.41, 5.74) is 6.38. The molecule has 1 aromatic heterocycles. The molecule has 2 aromatic carbocycles. The molecule has 17 heavy (non-hydrogen) atoms. The minimum Gasteiger partial charge on any atom is -0.361 e. The number of rotatable bonds is 1. The van der Waals surface area contributed by atoms with Gasteiger partial charge in [-0.25, -0.2) is 0 Å². The summed E-state index contributed by atoms with van der Waals surface area (Å²) in [6.07, 6.45) is 1.98. The second-order valence-electron chi connectivity index (χ2n) is 4.66. The third kappa shape index (κ3) is 1.84. The average molecular weight is 221 g/mol. The second kappa shape index (κ2) is 3.77. The van der Waals surface area contributed by atoms with Crippen molar-refractivity contribution in [2.45, 2.75) is 13.8 Å². The average Bonchev–Trinajstić information content (AvgIpc) is 2.74. The molecule has 0 amide bonds. The molecule has 84 valence electrons. The van der Waals surface area contributed by atoms with E-state index in [9.17, 15) is 0 Å². The largest absolute Gasteiger partial charge is 0.361 e. The van der Waals surface area contributed by atoms with Crippen LogP contribution in [0.3, 0.4) is 0 Å². The van der Waals surface area contributed by atoms with E-state index in [0.717, 1.165) is 0 Å². The van der Waals surface area contributed by atoms with Gasteiger partial charge in [0.25, 0.3) is 0 Å². The van der Waals surface area contributed by atoms with Crippen LogP contribution in [0.4, 0.5) is 0 Å². The lowest BCUT2D eigenvalue weighted by atomic mass is 10.00. The molecular formula is C16H15N. The molecule has 0 spiro atoms. The van der Waals surface area contributed by atoms with Crippen molar-refractivity contribution in [3.05, 3.63) is 59.8 Å². The Morgan fingerprint density at radius 2 is 1.53 bits per heavy atom. The van der Waals surface area contributed by atoms with Gasteiger partial charge in [0.2, 0.25) is 0 Å². The molecule has 0 radical (unpaired) electrons. The Hall–Kier alpha value is -2.02. The zero-order chi connectivity index (χ0) is 11.8. The summed E-state index contributed by atoms with van der Waals surface area (Å²) in [7, 11) is 0. The van der Waals surface area contributed by atoms with Crippen molar-refractivity contribution in [2.75, 3.05) is 0 Å². The number of hydrogen-bond acceptors (Lipinski definition) is 0. The van der Waals surface area contributed by atoms with Crippen molar-refractivity contribution in [1.82, 2.24) is 4.98 Å². The monoisotopic (exact) mass is 221 g/mol. The first-order valence-corrected chi connectivity index (χ1v) is 5.88. The Labute approximate surface area is 101 Å². The van der Waals surface area contributed by atoms with E-state index in [1.54, 1.807) is 0 Å². The van der Waals surface area contributed by atoms with Crippen LogP contribution in [0.2, 0.25) is 0 Å². The number of H-pyrrole nitrogens is 1. The van der Waals surface area contributed by atoms with Gasteiger partial charge < -0.3 is 4.98 Å². The number of aryl methyl sites for hydroxylation is 2. The van der Waals surface area contributed by atoms with Gasteiger partial charge in [0.05, 0.1) is 0 Å². The van der Waals surface area contributed by atoms with Gasteiger partial charge in [-0.1, -0.05) is 41.5 Å². The van der Waals surface area contributed by atoms with Gasteiger partial charge in [-0.15, -0.1) is 0 Å². The molecule has 0 saturated carbocycles. The fourth-order valence-electron chi connectivity index (χ4n) is 2.37. The molecule has 0 aliphatic heterocycles. The molecule has 1 heteroatoms. The standard InChI is InChI=1S/C16H15N/c1-11-7-12(2)9-15(8-11)14-4-3-13-5-6-17-16(13)10-14/h3-10,17H,1-2H3. The molecule has 1 heterocycles. The van der Waals surface area contributed by atoms with Gasteiger partial charge in [-0.05, 0) is 42.5 Å². The van der Waals surface area contributed by atoms with Gasteiger partial charge in [0, 0.05) is 11.7 Å². The zero-order valence-corrected chi connectivity index (χ0v) is 10.1. The van der Waals surface area contributed by atoms with Crippen molar-refractivity contribution < 1.29 is 0 Å². The van der Waals surface area contributed by atoms with Crippen LogP contribution in [0.25, 0.3) is 22.0 Å². The molecule has 0 fully saturated rings. The predicted octanol–water partition coefficient (Wildman–Crippen LogP) is 4.45. The van der Waals surface area contributed by atoms with Gasteiger partial charge >= 0.3 is 0 Å². The third-order valence-corrected chi connectivity index (χ3v) is 3.11. The van der Waals surface area contributed by atoms with E-state index in [0.29, 0.717) is 0 Å². The van der Waals surface area contributed by atoms with E-state index in [4.69, 9.17) is 0 Å². The van der Waals surface area contributed by atoms with Crippen LogP contribution in [-0.4, -0.2) is 4.98 Å². The quantitative estimate of drug-likeness (QED) is 0.624. The van der Waals surface area contributed by atoms with E-state index in [1.165, 1.54) is 33.2 Å². The maximum absolute atomic E-state index is 3.26. The van der Waals surface area contributed by atoms with E-state index in [1.807, 2.05) is 6.20 Å². The fraction of sp³-hybridized carbons (Fsp3) is 0.125. The molecule has 1 nitrogen and oxygen atoms in total. The highest BCUT2D eigenvalue weighted by molar-refractivity contribution is 5.84. The minimum absolute atomic E-state index is 1.20. The molecule has 0 saturated heterocycles. The van der Waals surface area contributed by atoms with E-state index < -0.39 is 0 Å². The summed E-state index contributed by atoms with van der Waals surface area (Å²) in [5.74, 6) is 0. The van der Waals surface area contributed by atoms with Crippen molar-refractivity contribution in [1.29, 1.82) is 0 Å². The summed E-state index contributed by atoms with van der Waals surface area (Å²) >= 11 is 0. The Kier molecular flexibility index (Phi) is 2.25. The SMILES string of the molecule is Cc1cc(C)cc(-c2ccc3cc[nH]c3c2)c1. The normalized spacial score (nSPS) is 10.9. The van der Waals surface area contributed by atoms with E-state index in [-0.39, 0.29) is 0 Å². The highest BCUT2D eigenvalue weighted by Gasteiger charge is 2.01. The van der Waals surface area contributed by atoms with Gasteiger partial charge in [-0.3, -0.25) is 0 Å².